The van der Waals surface area contributed by atoms with Crippen LogP contribution in [0.1, 0.15) is 65.0 Å². The van der Waals surface area contributed by atoms with Crippen molar-refractivity contribution in [1.29, 1.82) is 0 Å². The van der Waals surface area contributed by atoms with Crippen LogP contribution in [0.3, 0.4) is 0 Å². The summed E-state index contributed by atoms with van der Waals surface area (Å²) in [5.74, 6) is -0.759. The summed E-state index contributed by atoms with van der Waals surface area (Å²) < 4.78 is 1.84. The highest BCUT2D eigenvalue weighted by Gasteiger charge is 2.19. The smallest absolute Gasteiger partial charge is 0.270 e. The molecule has 0 saturated carbocycles. The Morgan fingerprint density at radius 2 is 1.85 bits per heavy atom. The highest BCUT2D eigenvalue weighted by molar-refractivity contribution is 7.15. The molecule has 0 bridgehead atoms. The molecule has 2 amide bonds. The molecule has 0 spiro atoms. The van der Waals surface area contributed by atoms with Gasteiger partial charge in [-0.2, -0.15) is 0 Å². The molecule has 3 heterocycles. The van der Waals surface area contributed by atoms with E-state index in [1.54, 1.807) is 30.9 Å². The van der Waals surface area contributed by atoms with Gasteiger partial charge in [-0.05, 0) is 42.2 Å². The van der Waals surface area contributed by atoms with Crippen LogP contribution < -0.4 is 16.4 Å². The third kappa shape index (κ3) is 4.91. The predicted molar refractivity (Wildman–Crippen MR) is 133 cm³/mol. The summed E-state index contributed by atoms with van der Waals surface area (Å²) in [6.07, 6.45) is 5.00. The zero-order valence-corrected chi connectivity index (χ0v) is 20.5. The quantitative estimate of drug-likeness (QED) is 0.384. The van der Waals surface area contributed by atoms with Gasteiger partial charge in [0.15, 0.2) is 5.13 Å². The minimum Gasteiger partial charge on any atom is -0.366 e. The summed E-state index contributed by atoms with van der Waals surface area (Å²) in [6, 6.07) is 6.97. The number of fused-ring (bicyclic) bond motifs is 1. The average molecular weight is 478 g/mol. The van der Waals surface area contributed by atoms with Crippen molar-refractivity contribution in [3.63, 3.8) is 0 Å². The van der Waals surface area contributed by atoms with Gasteiger partial charge in [-0.25, -0.2) is 15.0 Å². The van der Waals surface area contributed by atoms with E-state index in [4.69, 9.17) is 5.73 Å². The molecule has 4 rings (SSSR count). The van der Waals surface area contributed by atoms with Crippen molar-refractivity contribution in [3.05, 3.63) is 64.7 Å². The number of aryl methyl sites for hydroxylation is 1. The number of benzene rings is 1. The molecule has 3 aromatic heterocycles. The highest BCUT2D eigenvalue weighted by Crippen LogP contribution is 2.31. The topological polar surface area (TPSA) is 128 Å². The minimum atomic E-state index is -0.483. The van der Waals surface area contributed by atoms with Gasteiger partial charge in [-0.3, -0.25) is 9.59 Å². The van der Waals surface area contributed by atoms with E-state index in [0.717, 1.165) is 27.2 Å². The van der Waals surface area contributed by atoms with E-state index in [-0.39, 0.29) is 17.4 Å². The van der Waals surface area contributed by atoms with Gasteiger partial charge in [0.05, 0.1) is 24.1 Å². The molecule has 0 fully saturated rings. The fraction of sp³-hybridized carbons (Fsp3) is 0.292. The number of nitrogens with two attached hydrogens (primary N) is 1. The van der Waals surface area contributed by atoms with E-state index in [1.165, 1.54) is 11.3 Å². The Balaban J connectivity index is 1.49. The van der Waals surface area contributed by atoms with Gasteiger partial charge >= 0.3 is 0 Å². The second-order valence-corrected chi connectivity index (χ2v) is 10.3. The summed E-state index contributed by atoms with van der Waals surface area (Å²) >= 11 is 1.42. The molecular formula is C24H27N7O2S. The summed E-state index contributed by atoms with van der Waals surface area (Å²) in [6.45, 7) is 8.11. The molecule has 4 N–H and O–H groups in total. The zero-order valence-electron chi connectivity index (χ0n) is 19.7. The van der Waals surface area contributed by atoms with Crippen LogP contribution in [0.5, 0.6) is 0 Å². The number of carbonyl (C=O) groups excluding carboxylic acids is 2. The number of imidazole rings is 1. The number of carbonyl (C=O) groups is 2. The number of hydrogen-bond donors (Lipinski definition) is 3. The minimum absolute atomic E-state index is 0.152. The van der Waals surface area contributed by atoms with Gasteiger partial charge in [0.1, 0.15) is 11.2 Å². The summed E-state index contributed by atoms with van der Waals surface area (Å²) in [7, 11) is 1.87. The number of nitrogens with zero attached hydrogens (tertiary/aromatic N) is 4. The van der Waals surface area contributed by atoms with Crippen LogP contribution in [0, 0.1) is 0 Å². The number of hydrogen-bond acceptors (Lipinski definition) is 7. The third-order valence-electron chi connectivity index (χ3n) is 5.48. The summed E-state index contributed by atoms with van der Waals surface area (Å²) in [5.41, 5.74) is 9.43. The normalized spacial score (nSPS) is 12.5. The number of pyridine rings is 1. The Kier molecular flexibility index (Phi) is 6.09. The third-order valence-corrected chi connectivity index (χ3v) is 6.57. The van der Waals surface area contributed by atoms with Crippen molar-refractivity contribution in [2.45, 2.75) is 39.2 Å². The number of aromatic nitrogens is 4. The van der Waals surface area contributed by atoms with Crippen molar-refractivity contribution < 1.29 is 9.59 Å². The molecule has 0 aliphatic heterocycles. The van der Waals surface area contributed by atoms with Gasteiger partial charge in [0.2, 0.25) is 5.91 Å². The monoisotopic (exact) mass is 477 g/mol. The summed E-state index contributed by atoms with van der Waals surface area (Å²) in [5, 5.41) is 6.88. The molecule has 34 heavy (non-hydrogen) atoms. The maximum absolute atomic E-state index is 12.8. The van der Waals surface area contributed by atoms with E-state index < -0.39 is 5.91 Å². The van der Waals surface area contributed by atoms with Gasteiger partial charge < -0.3 is 20.9 Å². The van der Waals surface area contributed by atoms with E-state index in [1.807, 2.05) is 30.7 Å². The number of rotatable bonds is 6. The van der Waals surface area contributed by atoms with Crippen LogP contribution in [0.25, 0.3) is 11.0 Å². The average Bonchev–Trinajstić information content (AvgIpc) is 3.39. The number of nitrogens with one attached hydrogen (secondary N) is 2. The molecule has 0 aliphatic rings. The highest BCUT2D eigenvalue weighted by atomic mass is 32.1. The van der Waals surface area contributed by atoms with Gasteiger partial charge in [0.25, 0.3) is 5.91 Å². The largest absolute Gasteiger partial charge is 0.366 e. The molecule has 1 atom stereocenters. The number of anilines is 2. The molecular weight excluding hydrogens is 450 g/mol. The van der Waals surface area contributed by atoms with Crippen LogP contribution in [-0.2, 0) is 12.5 Å². The maximum Gasteiger partial charge on any atom is 0.270 e. The molecule has 0 radical (unpaired) electrons. The first-order valence-corrected chi connectivity index (χ1v) is 11.6. The fourth-order valence-electron chi connectivity index (χ4n) is 3.44. The van der Waals surface area contributed by atoms with Crippen LogP contribution in [0.4, 0.5) is 10.8 Å². The Hall–Kier alpha value is -3.79. The molecule has 0 aliphatic carbocycles. The number of primary amides is 1. The van der Waals surface area contributed by atoms with Crippen LogP contribution in [0.15, 0.2) is 43.0 Å². The fourth-order valence-corrected chi connectivity index (χ4v) is 4.28. The van der Waals surface area contributed by atoms with Crippen LogP contribution in [0.2, 0.25) is 0 Å². The first kappa shape index (κ1) is 23.4. The predicted octanol–water partition coefficient (Wildman–Crippen LogP) is 4.06. The van der Waals surface area contributed by atoms with Crippen molar-refractivity contribution in [1.82, 2.24) is 24.8 Å². The van der Waals surface area contributed by atoms with Crippen LogP contribution in [-0.4, -0.2) is 31.3 Å². The Labute approximate surface area is 201 Å². The lowest BCUT2D eigenvalue weighted by Crippen LogP contribution is -2.26. The first-order valence-electron chi connectivity index (χ1n) is 10.8. The Morgan fingerprint density at radius 1 is 1.09 bits per heavy atom. The second kappa shape index (κ2) is 8.86. The van der Waals surface area contributed by atoms with Crippen molar-refractivity contribution >= 4 is 45.0 Å². The van der Waals surface area contributed by atoms with Crippen LogP contribution >= 0.6 is 11.3 Å². The van der Waals surface area contributed by atoms with E-state index in [9.17, 15) is 9.59 Å². The first-order chi connectivity index (χ1) is 16.0. The molecule has 10 heteroatoms. The molecule has 176 valence electrons. The Bertz CT molecular complexity index is 1380. The molecule has 4 aromatic rings. The Morgan fingerprint density at radius 3 is 2.56 bits per heavy atom. The van der Waals surface area contributed by atoms with E-state index in [0.29, 0.717) is 16.4 Å². The van der Waals surface area contributed by atoms with Crippen molar-refractivity contribution in [2.75, 3.05) is 5.32 Å². The lowest BCUT2D eigenvalue weighted by Gasteiger charge is -2.21. The van der Waals surface area contributed by atoms with Gasteiger partial charge in [-0.15, -0.1) is 0 Å². The zero-order chi connectivity index (χ0) is 24.6. The second-order valence-electron chi connectivity index (χ2n) is 9.21. The number of amides is 2. The molecule has 1 aromatic carbocycles. The van der Waals surface area contributed by atoms with E-state index in [2.05, 4.69) is 46.4 Å². The molecule has 9 nitrogen and oxygen atoms in total. The van der Waals surface area contributed by atoms with Crippen molar-refractivity contribution in [3.8, 4) is 0 Å². The molecule has 0 saturated heterocycles. The van der Waals surface area contributed by atoms with Gasteiger partial charge in [-0.1, -0.05) is 32.1 Å². The summed E-state index contributed by atoms with van der Waals surface area (Å²) in [4.78, 5) is 38.3. The molecule has 1 unspecified atom stereocenters. The maximum atomic E-state index is 12.8. The standard InChI is InChI=1S/C24H27N7O2S/c1-13(29-22(33)17-9-19-18(10-26-17)28-12-31(19)5)20-11-27-23(34-20)30-16-7-14(21(25)32)6-15(8-16)24(2,3)4/h6-13H,1-5H3,(H2,25,32)(H,27,30)(H,29,33). The van der Waals surface area contributed by atoms with Gasteiger partial charge in [0, 0.05) is 29.4 Å². The SMILES string of the molecule is CC(NC(=O)c1cc2c(cn1)ncn2C)c1cnc(Nc2cc(C(N)=O)cc(C(C)(C)C)c2)s1. The lowest BCUT2D eigenvalue weighted by molar-refractivity contribution is 0.0934. The number of thiazole rings is 1. The van der Waals surface area contributed by atoms with E-state index >= 15 is 0 Å². The lowest BCUT2D eigenvalue weighted by atomic mass is 9.85. The van der Waals surface area contributed by atoms with Crippen molar-refractivity contribution in [2.24, 2.45) is 12.8 Å².